The fraction of sp³-hybridized carbons (Fsp3) is 0.520. The minimum absolute atomic E-state index is 0.0299. The van der Waals surface area contributed by atoms with Crippen LogP contribution in [0.1, 0.15) is 46.5 Å². The predicted molar refractivity (Wildman–Crippen MR) is 131 cm³/mol. The van der Waals surface area contributed by atoms with Gasteiger partial charge in [0.1, 0.15) is 18.5 Å². The average molecular weight is 481 g/mol. The number of rotatable bonds is 7. The fourth-order valence-corrected chi connectivity index (χ4v) is 4.75. The molecule has 1 aromatic carbocycles. The van der Waals surface area contributed by atoms with E-state index in [4.69, 9.17) is 19.2 Å². The number of ether oxygens (including phenoxy) is 3. The molecule has 2 aliphatic rings. The van der Waals surface area contributed by atoms with Crippen LogP contribution >= 0.6 is 0 Å². The van der Waals surface area contributed by atoms with Gasteiger partial charge in [0, 0.05) is 31.3 Å². The first-order valence-corrected chi connectivity index (χ1v) is 12.1. The molecule has 186 valence electrons. The Morgan fingerprint density at radius 3 is 2.74 bits per heavy atom. The SMILES string of the molecule is CC(=O)NC1CCC(Nc2nccc(-n3ncc4c(OCC5COC(C)(C)O5)cccc43)n2)CC1. The van der Waals surface area contributed by atoms with Crippen LogP contribution in [0.3, 0.4) is 0 Å². The minimum Gasteiger partial charge on any atom is -0.490 e. The topological polar surface area (TPSA) is 112 Å². The zero-order valence-electron chi connectivity index (χ0n) is 20.4. The molecule has 2 fully saturated rings. The lowest BCUT2D eigenvalue weighted by atomic mass is 9.91. The van der Waals surface area contributed by atoms with Crippen LogP contribution in [-0.2, 0) is 14.3 Å². The summed E-state index contributed by atoms with van der Waals surface area (Å²) in [4.78, 5) is 20.4. The lowest BCUT2D eigenvalue weighted by Crippen LogP contribution is -2.39. The van der Waals surface area contributed by atoms with Crippen molar-refractivity contribution < 1.29 is 19.0 Å². The summed E-state index contributed by atoms with van der Waals surface area (Å²) in [6.45, 7) is 6.28. The molecule has 2 aromatic heterocycles. The summed E-state index contributed by atoms with van der Waals surface area (Å²) in [6.07, 6.45) is 7.21. The van der Waals surface area contributed by atoms with Crippen LogP contribution in [0, 0.1) is 0 Å². The van der Waals surface area contributed by atoms with Gasteiger partial charge in [-0.1, -0.05) is 6.07 Å². The van der Waals surface area contributed by atoms with Crippen molar-refractivity contribution in [2.24, 2.45) is 0 Å². The molecule has 1 amide bonds. The van der Waals surface area contributed by atoms with Gasteiger partial charge in [-0.2, -0.15) is 10.1 Å². The van der Waals surface area contributed by atoms with Crippen LogP contribution in [0.5, 0.6) is 5.75 Å². The number of carbonyl (C=O) groups is 1. The van der Waals surface area contributed by atoms with Gasteiger partial charge in [-0.05, 0) is 51.7 Å². The van der Waals surface area contributed by atoms with E-state index in [2.05, 4.69) is 20.7 Å². The number of hydrogen-bond donors (Lipinski definition) is 2. The molecule has 1 saturated heterocycles. The van der Waals surface area contributed by atoms with Crippen molar-refractivity contribution in [2.75, 3.05) is 18.5 Å². The van der Waals surface area contributed by atoms with E-state index in [0.717, 1.165) is 42.3 Å². The van der Waals surface area contributed by atoms with Crippen LogP contribution in [-0.4, -0.2) is 62.8 Å². The van der Waals surface area contributed by atoms with Gasteiger partial charge in [-0.15, -0.1) is 0 Å². The second-order valence-corrected chi connectivity index (χ2v) is 9.64. The Bertz CT molecular complexity index is 1190. The summed E-state index contributed by atoms with van der Waals surface area (Å²) in [7, 11) is 0. The van der Waals surface area contributed by atoms with Gasteiger partial charge in [0.2, 0.25) is 11.9 Å². The molecule has 2 N–H and O–H groups in total. The zero-order valence-corrected chi connectivity index (χ0v) is 20.4. The minimum atomic E-state index is -0.575. The van der Waals surface area contributed by atoms with Gasteiger partial charge < -0.3 is 24.8 Å². The van der Waals surface area contributed by atoms with E-state index in [1.807, 2.05) is 38.1 Å². The number of nitrogens with zero attached hydrogens (tertiary/aromatic N) is 4. The zero-order chi connectivity index (χ0) is 24.4. The van der Waals surface area contributed by atoms with Crippen molar-refractivity contribution in [3.8, 4) is 11.6 Å². The van der Waals surface area contributed by atoms with Gasteiger partial charge in [-0.25, -0.2) is 9.67 Å². The molecule has 0 bridgehead atoms. The Morgan fingerprint density at radius 2 is 2.00 bits per heavy atom. The first-order chi connectivity index (χ1) is 16.9. The van der Waals surface area contributed by atoms with E-state index >= 15 is 0 Å². The van der Waals surface area contributed by atoms with E-state index in [0.29, 0.717) is 25.0 Å². The van der Waals surface area contributed by atoms with Crippen molar-refractivity contribution >= 4 is 22.8 Å². The summed E-state index contributed by atoms with van der Waals surface area (Å²) in [6, 6.07) is 8.23. The number of benzene rings is 1. The molecule has 1 atom stereocenters. The van der Waals surface area contributed by atoms with Gasteiger partial charge in [0.25, 0.3) is 0 Å². The van der Waals surface area contributed by atoms with E-state index in [1.54, 1.807) is 24.0 Å². The molecule has 0 spiro atoms. The highest BCUT2D eigenvalue weighted by Crippen LogP contribution is 2.29. The average Bonchev–Trinajstić information content (AvgIpc) is 3.42. The highest BCUT2D eigenvalue weighted by atomic mass is 16.7. The molecule has 1 unspecified atom stereocenters. The smallest absolute Gasteiger partial charge is 0.224 e. The number of aromatic nitrogens is 4. The second kappa shape index (κ2) is 9.79. The van der Waals surface area contributed by atoms with Gasteiger partial charge in [0.15, 0.2) is 11.6 Å². The van der Waals surface area contributed by atoms with Gasteiger partial charge >= 0.3 is 0 Å². The third kappa shape index (κ3) is 5.54. The lowest BCUT2D eigenvalue weighted by Gasteiger charge is -2.29. The van der Waals surface area contributed by atoms with Crippen molar-refractivity contribution in [3.63, 3.8) is 0 Å². The number of anilines is 1. The summed E-state index contributed by atoms with van der Waals surface area (Å²) >= 11 is 0. The summed E-state index contributed by atoms with van der Waals surface area (Å²) in [5, 5.41) is 11.9. The van der Waals surface area contributed by atoms with Crippen molar-refractivity contribution in [2.45, 2.75) is 70.4 Å². The molecule has 1 saturated carbocycles. The Kier molecular flexibility index (Phi) is 6.57. The molecule has 3 heterocycles. The first-order valence-electron chi connectivity index (χ1n) is 12.1. The molecule has 5 rings (SSSR count). The summed E-state index contributed by atoms with van der Waals surface area (Å²) in [5.74, 6) is 1.44. The Balaban J connectivity index is 1.26. The molecule has 35 heavy (non-hydrogen) atoms. The maximum absolute atomic E-state index is 11.3. The lowest BCUT2D eigenvalue weighted by molar-refractivity contribution is -0.141. The van der Waals surface area contributed by atoms with Crippen molar-refractivity contribution in [1.82, 2.24) is 25.1 Å². The third-order valence-electron chi connectivity index (χ3n) is 6.39. The Hall–Kier alpha value is -3.24. The standard InChI is InChI=1S/C25H32N6O4/c1-16(32)28-17-7-9-18(10-8-17)29-24-26-12-11-23(30-24)31-21-5-4-6-22(20(21)13-27-31)33-14-19-15-34-25(2,3)35-19/h4-6,11-13,17-19H,7-10,14-15H2,1-3H3,(H,28,32)(H,26,29,30). The summed E-state index contributed by atoms with van der Waals surface area (Å²) in [5.41, 5.74) is 0.895. The highest BCUT2D eigenvalue weighted by Gasteiger charge is 2.33. The van der Waals surface area contributed by atoms with Gasteiger partial charge in [0.05, 0.1) is 23.7 Å². The molecule has 10 heteroatoms. The third-order valence-corrected chi connectivity index (χ3v) is 6.39. The molecule has 10 nitrogen and oxygen atoms in total. The molecular weight excluding hydrogens is 448 g/mol. The second-order valence-electron chi connectivity index (χ2n) is 9.64. The van der Waals surface area contributed by atoms with Crippen molar-refractivity contribution in [1.29, 1.82) is 0 Å². The summed E-state index contributed by atoms with van der Waals surface area (Å²) < 4.78 is 19.3. The van der Waals surface area contributed by atoms with E-state index in [-0.39, 0.29) is 24.1 Å². The number of hydrogen-bond acceptors (Lipinski definition) is 8. The monoisotopic (exact) mass is 480 g/mol. The number of fused-ring (bicyclic) bond motifs is 1. The molecule has 3 aromatic rings. The molecule has 1 aliphatic heterocycles. The number of carbonyl (C=O) groups excluding carboxylic acids is 1. The number of nitrogens with one attached hydrogen (secondary N) is 2. The van der Waals surface area contributed by atoms with Crippen LogP contribution in [0.2, 0.25) is 0 Å². The molecule has 0 radical (unpaired) electrons. The maximum Gasteiger partial charge on any atom is 0.224 e. The van der Waals surface area contributed by atoms with Crippen LogP contribution in [0.15, 0.2) is 36.7 Å². The highest BCUT2D eigenvalue weighted by molar-refractivity contribution is 5.86. The van der Waals surface area contributed by atoms with Crippen LogP contribution in [0.25, 0.3) is 16.7 Å². The maximum atomic E-state index is 11.3. The van der Waals surface area contributed by atoms with Gasteiger partial charge in [-0.3, -0.25) is 4.79 Å². The van der Waals surface area contributed by atoms with Crippen molar-refractivity contribution in [3.05, 3.63) is 36.7 Å². The van der Waals surface area contributed by atoms with E-state index in [1.165, 1.54) is 0 Å². The van der Waals surface area contributed by atoms with E-state index in [9.17, 15) is 4.79 Å². The molecule has 1 aliphatic carbocycles. The largest absolute Gasteiger partial charge is 0.490 e. The molecular formula is C25H32N6O4. The predicted octanol–water partition coefficient (Wildman–Crippen LogP) is 3.21. The quantitative estimate of drug-likeness (QED) is 0.530. The van der Waals surface area contributed by atoms with Crippen LogP contribution in [0.4, 0.5) is 5.95 Å². The van der Waals surface area contributed by atoms with E-state index < -0.39 is 5.79 Å². The Morgan fingerprint density at radius 1 is 1.20 bits per heavy atom. The number of amides is 1. The Labute approximate surface area is 204 Å². The normalized spacial score (nSPS) is 23.8. The first kappa shape index (κ1) is 23.5. The van der Waals surface area contributed by atoms with Crippen LogP contribution < -0.4 is 15.4 Å². The fourth-order valence-electron chi connectivity index (χ4n) is 4.75.